The van der Waals surface area contributed by atoms with E-state index >= 15 is 0 Å². The summed E-state index contributed by atoms with van der Waals surface area (Å²) in [5.41, 5.74) is 8.34. The molecule has 3 aromatic carbocycles. The van der Waals surface area contributed by atoms with E-state index in [4.69, 9.17) is 0 Å². The van der Waals surface area contributed by atoms with Crippen LogP contribution >= 0.6 is 24.8 Å². The van der Waals surface area contributed by atoms with E-state index in [1.165, 1.54) is 57.6 Å². The van der Waals surface area contributed by atoms with E-state index in [0.29, 0.717) is 11.8 Å². The third-order valence-corrected chi connectivity index (χ3v) is 5.15. The van der Waals surface area contributed by atoms with Gasteiger partial charge in [-0.25, -0.2) is 5.57 Å². The maximum absolute atomic E-state index is 3.37. The molecule has 1 atom stereocenters. The molecule has 3 heteroatoms. The van der Waals surface area contributed by atoms with Crippen LogP contribution in [0.5, 0.6) is 0 Å². The van der Waals surface area contributed by atoms with Gasteiger partial charge in [-0.3, -0.25) is 6.08 Å². The summed E-state index contributed by atoms with van der Waals surface area (Å²) in [6.07, 6.45) is 6.73. The summed E-state index contributed by atoms with van der Waals surface area (Å²) in [4.78, 5) is 0. The van der Waals surface area contributed by atoms with Crippen LogP contribution in [0.4, 0.5) is 0 Å². The Bertz CT molecular complexity index is 936. The molecule has 0 aliphatic heterocycles. The smallest absolute Gasteiger partial charge is 0.0253 e. The number of allylic oxidation sites excluding steroid dienone is 4. The largest absolute Gasteiger partial charge is 0.358 e. The molecule has 0 saturated carbocycles. The van der Waals surface area contributed by atoms with Gasteiger partial charge in [0.2, 0.25) is 0 Å². The van der Waals surface area contributed by atoms with Crippen molar-refractivity contribution in [3.05, 3.63) is 127 Å². The van der Waals surface area contributed by atoms with Crippen molar-refractivity contribution in [2.45, 2.75) is 34.1 Å². The molecule has 0 N–H and O–H groups in total. The van der Waals surface area contributed by atoms with E-state index in [2.05, 4.69) is 92.6 Å². The van der Waals surface area contributed by atoms with Crippen LogP contribution in [0.25, 0.3) is 11.1 Å². The minimum absolute atomic E-state index is 0. The Kier molecular flexibility index (Phi) is 19.1. The normalized spacial score (nSPS) is 13.6. The summed E-state index contributed by atoms with van der Waals surface area (Å²) in [6, 6.07) is 30.6. The zero-order valence-electron chi connectivity index (χ0n) is 20.9. The fourth-order valence-electron chi connectivity index (χ4n) is 3.83. The Morgan fingerprint density at radius 2 is 1.50 bits per heavy atom. The summed E-state index contributed by atoms with van der Waals surface area (Å²) < 4.78 is 3.34. The molecule has 2 aliphatic carbocycles. The van der Waals surface area contributed by atoms with Crippen molar-refractivity contribution in [3.63, 3.8) is 0 Å². The van der Waals surface area contributed by atoms with Gasteiger partial charge in [-0.2, -0.15) is 77.9 Å². The van der Waals surface area contributed by atoms with Gasteiger partial charge in [0.15, 0.2) is 0 Å². The fraction of sp³-hybridized carbons (Fsp3) is 0.226. The molecule has 5 rings (SSSR count). The number of hydrogen-bond acceptors (Lipinski definition) is 0. The molecular weight excluding hydrogens is 534 g/mol. The van der Waals surface area contributed by atoms with E-state index < -0.39 is 0 Å². The minimum atomic E-state index is 0. The van der Waals surface area contributed by atoms with Crippen LogP contribution in [0.15, 0.2) is 90.0 Å². The molecule has 0 bridgehead atoms. The quantitative estimate of drug-likeness (QED) is 0.201. The Hall–Kier alpha value is -1.53. The summed E-state index contributed by atoms with van der Waals surface area (Å²) in [6.45, 7) is 8.79. The van der Waals surface area contributed by atoms with Crippen molar-refractivity contribution in [2.24, 2.45) is 11.8 Å². The summed E-state index contributed by atoms with van der Waals surface area (Å²) in [5.74, 6) is 1.20. The van der Waals surface area contributed by atoms with Gasteiger partial charge in [0, 0.05) is 0 Å². The van der Waals surface area contributed by atoms with Crippen molar-refractivity contribution in [1.29, 1.82) is 0 Å². The Labute approximate surface area is 235 Å². The number of benzene rings is 3. The zero-order valence-corrected chi connectivity index (χ0v) is 25.0. The third-order valence-electron chi connectivity index (χ3n) is 5.15. The fourth-order valence-corrected chi connectivity index (χ4v) is 3.83. The van der Waals surface area contributed by atoms with Gasteiger partial charge in [0.25, 0.3) is 0 Å². The molecule has 3 aromatic rings. The Morgan fingerprint density at radius 1 is 0.882 bits per heavy atom. The molecule has 0 nitrogen and oxygen atoms in total. The molecule has 0 fully saturated rings. The number of rotatable bonds is 1. The first-order chi connectivity index (χ1) is 15.1. The predicted molar refractivity (Wildman–Crippen MR) is 151 cm³/mol. The van der Waals surface area contributed by atoms with Gasteiger partial charge in [-0.05, 0) is 6.42 Å². The van der Waals surface area contributed by atoms with Crippen LogP contribution < -0.4 is 0 Å². The number of hydrogen-bond donors (Lipinski definition) is 0. The molecule has 2 aliphatic rings. The van der Waals surface area contributed by atoms with Crippen molar-refractivity contribution >= 4 is 29.0 Å². The standard InChI is InChI=1S/C13H9.C10H15.C6H5.CH3.CH2.2ClH.Zr/c1-3-7-12-10(5-1)9-11-6-2-4-8-13(11)12;1-7(2)10-6-8(3)5-9(10)4;1-2-4-6-5-3-1;;;;;/h1-5,7-8H,9H2;6-8H,1-4H3;1-5H;1H3;1H2;2*1H;/q4*-1;;;;. The van der Waals surface area contributed by atoms with Crippen LogP contribution in [-0.4, -0.2) is 4.21 Å². The van der Waals surface area contributed by atoms with E-state index in [1.54, 1.807) is 0 Å². The third kappa shape index (κ3) is 10.4. The molecule has 0 amide bonds. The first-order valence-corrected chi connectivity index (χ1v) is 12.5. The second kappa shape index (κ2) is 18.8. The minimum Gasteiger partial charge on any atom is -0.358 e. The number of halogens is 2. The van der Waals surface area contributed by atoms with Gasteiger partial charge in [-0.15, -0.1) is 30.4 Å². The average Bonchev–Trinajstić information content (AvgIpc) is 3.36. The van der Waals surface area contributed by atoms with Crippen molar-refractivity contribution in [1.82, 2.24) is 0 Å². The predicted octanol–water partition coefficient (Wildman–Crippen LogP) is 8.77. The first-order valence-electron chi connectivity index (χ1n) is 10.7. The molecule has 1 unspecified atom stereocenters. The maximum atomic E-state index is 3.37. The monoisotopic (exact) mass is 568 g/mol. The summed E-state index contributed by atoms with van der Waals surface area (Å²) in [5, 5.41) is 0. The van der Waals surface area contributed by atoms with Crippen LogP contribution in [0.2, 0.25) is 0 Å². The maximum Gasteiger partial charge on any atom is -0.0253 e. The summed E-state index contributed by atoms with van der Waals surface area (Å²) >= 11 is 1.30. The Morgan fingerprint density at radius 3 is 1.97 bits per heavy atom. The molecule has 182 valence electrons. The van der Waals surface area contributed by atoms with Gasteiger partial charge >= 0.3 is 28.4 Å². The van der Waals surface area contributed by atoms with Crippen molar-refractivity contribution < 1.29 is 24.2 Å². The van der Waals surface area contributed by atoms with Crippen LogP contribution in [-0.2, 0) is 30.7 Å². The first kappa shape index (κ1) is 34.6. The molecule has 0 radical (unpaired) electrons. The van der Waals surface area contributed by atoms with Gasteiger partial charge in [-0.1, -0.05) is 74.9 Å². The summed E-state index contributed by atoms with van der Waals surface area (Å²) in [7, 11) is 0. The molecule has 0 heterocycles. The van der Waals surface area contributed by atoms with Crippen molar-refractivity contribution in [2.75, 3.05) is 0 Å². The second-order valence-electron chi connectivity index (χ2n) is 7.81. The average molecular weight is 571 g/mol. The zero-order chi connectivity index (χ0) is 22.6. The van der Waals surface area contributed by atoms with E-state index in [1.807, 2.05) is 36.4 Å². The van der Waals surface area contributed by atoms with E-state index in [-0.39, 0.29) is 32.2 Å². The Balaban J connectivity index is 0. The molecule has 0 aromatic heterocycles. The van der Waals surface area contributed by atoms with Crippen LogP contribution in [0, 0.1) is 37.5 Å². The number of fused-ring (bicyclic) bond motifs is 3. The second-order valence-corrected chi connectivity index (χ2v) is 7.81. The van der Waals surface area contributed by atoms with Crippen molar-refractivity contribution in [3.8, 4) is 11.1 Å². The molecule has 0 saturated heterocycles. The molecular formula is C31H36Cl2Zr-4. The van der Waals surface area contributed by atoms with Gasteiger partial charge in [0.1, 0.15) is 0 Å². The SMILES string of the molecule is CC1=[C-]C(C)C=C1C(C)C.Cl.Cl.[CH2]=[Zr].[CH3-].[c-]1cccc2c1Cc1ccccc1-2.[c-]1ccccc1. The van der Waals surface area contributed by atoms with E-state index in [9.17, 15) is 0 Å². The van der Waals surface area contributed by atoms with Crippen LogP contribution in [0.1, 0.15) is 38.8 Å². The van der Waals surface area contributed by atoms with Gasteiger partial charge in [0.05, 0.1) is 0 Å². The molecule has 0 spiro atoms. The van der Waals surface area contributed by atoms with E-state index in [0.717, 1.165) is 6.42 Å². The molecule has 34 heavy (non-hydrogen) atoms. The van der Waals surface area contributed by atoms with Crippen LogP contribution in [0.3, 0.4) is 0 Å². The topological polar surface area (TPSA) is 0 Å². The van der Waals surface area contributed by atoms with Gasteiger partial charge < -0.3 is 7.43 Å².